The maximum Gasteiger partial charge on any atom is 0.165 e. The van der Waals surface area contributed by atoms with Crippen LogP contribution in [-0.4, -0.2) is 42.7 Å². The van der Waals surface area contributed by atoms with Crippen LogP contribution in [-0.2, 0) is 6.54 Å². The second-order valence-electron chi connectivity index (χ2n) is 4.90. The lowest BCUT2D eigenvalue weighted by molar-refractivity contribution is 0.0523. The van der Waals surface area contributed by atoms with Crippen molar-refractivity contribution in [3.05, 3.63) is 22.7 Å². The van der Waals surface area contributed by atoms with Crippen LogP contribution in [0.1, 0.15) is 18.4 Å². The van der Waals surface area contributed by atoms with Crippen LogP contribution < -0.4 is 14.8 Å². The van der Waals surface area contributed by atoms with Crippen molar-refractivity contribution in [3.63, 3.8) is 0 Å². The van der Waals surface area contributed by atoms with Gasteiger partial charge in [0, 0.05) is 29.2 Å². The van der Waals surface area contributed by atoms with E-state index in [2.05, 4.69) is 5.32 Å². The standard InChI is InChI=1S/C14H20ClNO4/c1-19-13-5-10(15)4-9(6-16-11-2-3-11)14(13)20-8-12(18)7-17/h4-5,11-12,16-18H,2-3,6-8H2,1H3. The molecule has 2 rings (SSSR count). The highest BCUT2D eigenvalue weighted by molar-refractivity contribution is 6.30. The maximum absolute atomic E-state index is 9.40. The number of hydrogen-bond donors (Lipinski definition) is 3. The van der Waals surface area contributed by atoms with E-state index < -0.39 is 6.10 Å². The number of nitrogens with one attached hydrogen (secondary N) is 1. The van der Waals surface area contributed by atoms with E-state index in [1.165, 1.54) is 12.8 Å². The van der Waals surface area contributed by atoms with E-state index in [4.69, 9.17) is 26.2 Å². The fourth-order valence-electron chi connectivity index (χ4n) is 1.84. The third-order valence-electron chi connectivity index (χ3n) is 3.11. The molecule has 0 saturated heterocycles. The summed E-state index contributed by atoms with van der Waals surface area (Å²) in [5.74, 6) is 1.08. The van der Waals surface area contributed by atoms with Gasteiger partial charge in [0.05, 0.1) is 13.7 Å². The fraction of sp³-hybridized carbons (Fsp3) is 0.571. The third-order valence-corrected chi connectivity index (χ3v) is 3.32. The highest BCUT2D eigenvalue weighted by Gasteiger charge is 2.22. The van der Waals surface area contributed by atoms with Gasteiger partial charge in [0.25, 0.3) is 0 Å². The minimum Gasteiger partial charge on any atom is -0.493 e. The van der Waals surface area contributed by atoms with Crippen LogP contribution in [0.2, 0.25) is 5.02 Å². The van der Waals surface area contributed by atoms with Crippen molar-refractivity contribution < 1.29 is 19.7 Å². The number of rotatable bonds is 8. The molecule has 1 unspecified atom stereocenters. The van der Waals surface area contributed by atoms with E-state index in [1.54, 1.807) is 13.2 Å². The number of methoxy groups -OCH3 is 1. The zero-order valence-corrected chi connectivity index (χ0v) is 12.2. The Morgan fingerprint density at radius 1 is 1.45 bits per heavy atom. The molecule has 1 atom stereocenters. The quantitative estimate of drug-likeness (QED) is 0.676. The van der Waals surface area contributed by atoms with Gasteiger partial charge in [-0.3, -0.25) is 0 Å². The summed E-state index contributed by atoms with van der Waals surface area (Å²) in [5, 5.41) is 22.2. The second-order valence-corrected chi connectivity index (χ2v) is 5.34. The lowest BCUT2D eigenvalue weighted by Crippen LogP contribution is -2.23. The van der Waals surface area contributed by atoms with Crippen LogP contribution in [0.3, 0.4) is 0 Å². The molecule has 0 amide bonds. The zero-order valence-electron chi connectivity index (χ0n) is 11.4. The van der Waals surface area contributed by atoms with E-state index in [0.717, 1.165) is 5.56 Å². The summed E-state index contributed by atoms with van der Waals surface area (Å²) in [6.45, 7) is 0.294. The van der Waals surface area contributed by atoms with Crippen molar-refractivity contribution in [2.24, 2.45) is 0 Å². The van der Waals surface area contributed by atoms with Crippen LogP contribution in [0.15, 0.2) is 12.1 Å². The molecule has 0 spiro atoms. The largest absolute Gasteiger partial charge is 0.493 e. The van der Waals surface area contributed by atoms with Crippen molar-refractivity contribution in [1.29, 1.82) is 0 Å². The average Bonchev–Trinajstić information content (AvgIpc) is 3.26. The summed E-state index contributed by atoms with van der Waals surface area (Å²) < 4.78 is 10.9. The van der Waals surface area contributed by atoms with Gasteiger partial charge in [-0.2, -0.15) is 0 Å². The Morgan fingerprint density at radius 3 is 2.80 bits per heavy atom. The molecular formula is C14H20ClNO4. The summed E-state index contributed by atoms with van der Waals surface area (Å²) in [4.78, 5) is 0. The number of hydrogen-bond acceptors (Lipinski definition) is 5. The monoisotopic (exact) mass is 301 g/mol. The molecule has 3 N–H and O–H groups in total. The van der Waals surface area contributed by atoms with Crippen LogP contribution in [0.4, 0.5) is 0 Å². The molecule has 0 aromatic heterocycles. The van der Waals surface area contributed by atoms with Crippen LogP contribution in [0.5, 0.6) is 11.5 Å². The van der Waals surface area contributed by atoms with E-state index in [9.17, 15) is 5.11 Å². The second kappa shape index (κ2) is 7.13. The molecule has 1 aromatic carbocycles. The van der Waals surface area contributed by atoms with Crippen LogP contribution in [0.25, 0.3) is 0 Å². The van der Waals surface area contributed by atoms with E-state index in [0.29, 0.717) is 29.1 Å². The number of ether oxygens (including phenoxy) is 2. The van der Waals surface area contributed by atoms with Gasteiger partial charge < -0.3 is 25.0 Å². The van der Waals surface area contributed by atoms with Gasteiger partial charge in [-0.1, -0.05) is 11.6 Å². The Bertz CT molecular complexity index is 451. The summed E-state index contributed by atoms with van der Waals surface area (Å²) in [7, 11) is 1.54. The molecule has 0 aliphatic heterocycles. The minimum absolute atomic E-state index is 0.00488. The predicted molar refractivity (Wildman–Crippen MR) is 76.5 cm³/mol. The fourth-order valence-corrected chi connectivity index (χ4v) is 2.07. The predicted octanol–water partition coefficient (Wildman–Crippen LogP) is 1.33. The van der Waals surface area contributed by atoms with Gasteiger partial charge in [-0.05, 0) is 18.9 Å². The normalized spacial score (nSPS) is 16.0. The average molecular weight is 302 g/mol. The first-order chi connectivity index (χ1) is 9.63. The molecule has 1 aliphatic rings. The van der Waals surface area contributed by atoms with E-state index >= 15 is 0 Å². The molecule has 1 aliphatic carbocycles. The van der Waals surface area contributed by atoms with Crippen molar-refractivity contribution >= 4 is 11.6 Å². The number of aliphatic hydroxyl groups is 2. The van der Waals surface area contributed by atoms with Crippen LogP contribution >= 0.6 is 11.6 Å². The maximum atomic E-state index is 9.40. The molecule has 20 heavy (non-hydrogen) atoms. The van der Waals surface area contributed by atoms with Crippen molar-refractivity contribution in [2.45, 2.75) is 31.5 Å². The Kier molecular flexibility index (Phi) is 5.48. The summed E-state index contributed by atoms with van der Waals surface area (Å²) in [6, 6.07) is 4.05. The lowest BCUT2D eigenvalue weighted by Gasteiger charge is -2.17. The van der Waals surface area contributed by atoms with Crippen LogP contribution in [0, 0.1) is 0 Å². The number of halogens is 1. The molecule has 1 fully saturated rings. The van der Waals surface area contributed by atoms with E-state index in [-0.39, 0.29) is 13.2 Å². The van der Waals surface area contributed by atoms with Crippen molar-refractivity contribution in [2.75, 3.05) is 20.3 Å². The summed E-state index contributed by atoms with van der Waals surface area (Å²) in [6.07, 6.45) is 1.47. The molecule has 5 nitrogen and oxygen atoms in total. The Labute approximate surface area is 123 Å². The molecule has 6 heteroatoms. The molecule has 0 radical (unpaired) electrons. The van der Waals surface area contributed by atoms with E-state index in [1.807, 2.05) is 6.07 Å². The molecule has 0 bridgehead atoms. The molecule has 1 aromatic rings. The van der Waals surface area contributed by atoms with Gasteiger partial charge in [0.1, 0.15) is 12.7 Å². The highest BCUT2D eigenvalue weighted by Crippen LogP contribution is 2.35. The summed E-state index contributed by atoms with van der Waals surface area (Å²) in [5.41, 5.74) is 0.881. The zero-order chi connectivity index (χ0) is 14.5. The highest BCUT2D eigenvalue weighted by atomic mass is 35.5. The Hall–Kier alpha value is -1.01. The van der Waals surface area contributed by atoms with Crippen molar-refractivity contribution in [1.82, 2.24) is 5.32 Å². The minimum atomic E-state index is -0.917. The third kappa shape index (κ3) is 4.24. The van der Waals surface area contributed by atoms with Gasteiger partial charge in [-0.15, -0.1) is 0 Å². The molecule has 0 heterocycles. The first kappa shape index (κ1) is 15.4. The Morgan fingerprint density at radius 2 is 2.20 bits per heavy atom. The lowest BCUT2D eigenvalue weighted by atomic mass is 10.1. The smallest absolute Gasteiger partial charge is 0.165 e. The topological polar surface area (TPSA) is 71.0 Å². The van der Waals surface area contributed by atoms with Gasteiger partial charge in [0.15, 0.2) is 11.5 Å². The van der Waals surface area contributed by atoms with Gasteiger partial charge in [-0.25, -0.2) is 0 Å². The van der Waals surface area contributed by atoms with Gasteiger partial charge >= 0.3 is 0 Å². The first-order valence-electron chi connectivity index (χ1n) is 6.65. The molecule has 112 valence electrons. The van der Waals surface area contributed by atoms with Crippen molar-refractivity contribution in [3.8, 4) is 11.5 Å². The number of benzene rings is 1. The first-order valence-corrected chi connectivity index (χ1v) is 7.03. The Balaban J connectivity index is 2.14. The summed E-state index contributed by atoms with van der Waals surface area (Å²) >= 11 is 6.07. The molecule has 1 saturated carbocycles. The molecular weight excluding hydrogens is 282 g/mol. The SMILES string of the molecule is COc1cc(Cl)cc(CNC2CC2)c1OCC(O)CO. The van der Waals surface area contributed by atoms with Gasteiger partial charge in [0.2, 0.25) is 0 Å². The number of aliphatic hydroxyl groups excluding tert-OH is 2.